The van der Waals surface area contributed by atoms with Gasteiger partial charge in [-0.2, -0.15) is 5.10 Å². The monoisotopic (exact) mass is 399 g/mol. The van der Waals surface area contributed by atoms with Gasteiger partial charge in [-0.25, -0.2) is 18.7 Å². The maximum absolute atomic E-state index is 13.7. The summed E-state index contributed by atoms with van der Waals surface area (Å²) in [5, 5.41) is 4.44. The molecule has 3 aromatic rings. The summed E-state index contributed by atoms with van der Waals surface area (Å²) >= 11 is 0. The number of carbonyl (C=O) groups excluding carboxylic acids is 1. The van der Waals surface area contributed by atoms with Crippen LogP contribution in [-0.4, -0.2) is 38.7 Å². The van der Waals surface area contributed by atoms with Crippen LogP contribution in [0.4, 0.5) is 10.2 Å². The zero-order valence-corrected chi connectivity index (χ0v) is 16.3. The lowest BCUT2D eigenvalue weighted by molar-refractivity contribution is 0.0527. The number of aromatic amines is 1. The van der Waals surface area contributed by atoms with E-state index in [-0.39, 0.29) is 18.2 Å². The van der Waals surface area contributed by atoms with Crippen molar-refractivity contribution >= 4 is 17.4 Å². The molecule has 1 N–H and O–H groups in total. The highest BCUT2D eigenvalue weighted by molar-refractivity contribution is 5.97. The lowest BCUT2D eigenvalue weighted by atomic mass is 10.1. The molecular weight excluding hydrogens is 377 g/mol. The van der Waals surface area contributed by atoms with Gasteiger partial charge in [-0.15, -0.1) is 0 Å². The van der Waals surface area contributed by atoms with Crippen molar-refractivity contribution in [2.45, 2.75) is 39.2 Å². The summed E-state index contributed by atoms with van der Waals surface area (Å²) in [5.41, 5.74) is 1.45. The third-order valence-corrected chi connectivity index (χ3v) is 5.16. The maximum Gasteiger partial charge on any atom is 0.343 e. The maximum atomic E-state index is 13.7. The Morgan fingerprint density at radius 3 is 3.00 bits per heavy atom. The minimum absolute atomic E-state index is 0.259. The van der Waals surface area contributed by atoms with Gasteiger partial charge < -0.3 is 14.6 Å². The Balaban J connectivity index is 1.79. The normalized spacial score (nSPS) is 16.5. The molecule has 0 amide bonds. The van der Waals surface area contributed by atoms with E-state index in [0.29, 0.717) is 47.7 Å². The van der Waals surface area contributed by atoms with E-state index in [1.165, 1.54) is 6.07 Å². The average Bonchev–Trinajstić information content (AvgIpc) is 3.33. The Bertz CT molecular complexity index is 1120. The van der Waals surface area contributed by atoms with Crippen molar-refractivity contribution in [3.8, 4) is 0 Å². The van der Waals surface area contributed by atoms with Crippen molar-refractivity contribution in [1.29, 1.82) is 0 Å². The van der Waals surface area contributed by atoms with Gasteiger partial charge >= 0.3 is 5.97 Å². The highest BCUT2D eigenvalue weighted by Crippen LogP contribution is 2.34. The highest BCUT2D eigenvalue weighted by atomic mass is 19.1. The Hall–Kier alpha value is -3.23. The van der Waals surface area contributed by atoms with E-state index in [1.54, 1.807) is 23.7 Å². The van der Waals surface area contributed by atoms with E-state index in [1.807, 2.05) is 11.8 Å². The summed E-state index contributed by atoms with van der Waals surface area (Å²) in [4.78, 5) is 33.8. The quantitative estimate of drug-likeness (QED) is 0.663. The largest absolute Gasteiger partial charge is 0.462 e. The Morgan fingerprint density at radius 1 is 1.41 bits per heavy atom. The van der Waals surface area contributed by atoms with Gasteiger partial charge in [0.05, 0.1) is 18.3 Å². The molecule has 29 heavy (non-hydrogen) atoms. The van der Waals surface area contributed by atoms with Crippen molar-refractivity contribution in [2.24, 2.45) is 0 Å². The van der Waals surface area contributed by atoms with Crippen LogP contribution in [0.5, 0.6) is 0 Å². The number of pyridine rings is 1. The number of halogens is 1. The SMILES string of the molecule is CCOC(=O)c1c(CC)nn2ccc(N3CCC[C@@H]3c3cc(F)c[nH]c3=O)nc12. The molecule has 4 heterocycles. The van der Waals surface area contributed by atoms with E-state index in [4.69, 9.17) is 4.74 Å². The molecule has 152 valence electrons. The first-order chi connectivity index (χ1) is 14.0. The summed E-state index contributed by atoms with van der Waals surface area (Å²) in [7, 11) is 0. The molecule has 0 bridgehead atoms. The molecule has 3 aromatic heterocycles. The lowest BCUT2D eigenvalue weighted by Crippen LogP contribution is -2.28. The number of carbonyl (C=O) groups is 1. The summed E-state index contributed by atoms with van der Waals surface area (Å²) in [5.74, 6) is -0.330. The molecule has 0 unspecified atom stereocenters. The molecule has 4 rings (SSSR count). The standard InChI is InChI=1S/C20H22FN5O3/c1-3-14-17(20(28)29-4-2)18-23-16(7-9-26(18)24-14)25-8-5-6-15(25)13-10-12(21)11-22-19(13)27/h7,9-11,15H,3-6,8H2,1-2H3,(H,22,27)/t15-/m1/s1. The fraction of sp³-hybridized carbons (Fsp3) is 0.400. The number of nitrogens with zero attached hydrogens (tertiary/aromatic N) is 4. The minimum Gasteiger partial charge on any atom is -0.462 e. The Kier molecular flexibility index (Phi) is 5.04. The van der Waals surface area contributed by atoms with Gasteiger partial charge in [0, 0.05) is 24.5 Å². The molecule has 0 saturated carbocycles. The molecule has 1 atom stereocenters. The second-order valence-corrected chi connectivity index (χ2v) is 6.90. The number of hydrogen-bond acceptors (Lipinski definition) is 6. The predicted octanol–water partition coefficient (Wildman–Crippen LogP) is 2.64. The van der Waals surface area contributed by atoms with Gasteiger partial charge in [0.15, 0.2) is 5.65 Å². The third-order valence-electron chi connectivity index (χ3n) is 5.16. The summed E-state index contributed by atoms with van der Waals surface area (Å²) in [6.07, 6.45) is 4.92. The minimum atomic E-state index is -0.483. The van der Waals surface area contributed by atoms with Crippen molar-refractivity contribution in [3.05, 3.63) is 57.5 Å². The smallest absolute Gasteiger partial charge is 0.343 e. The van der Waals surface area contributed by atoms with Gasteiger partial charge in [0.2, 0.25) is 0 Å². The van der Waals surface area contributed by atoms with Crippen LogP contribution in [0.25, 0.3) is 5.65 Å². The number of aromatic nitrogens is 4. The second-order valence-electron chi connectivity index (χ2n) is 6.90. The van der Waals surface area contributed by atoms with Crippen LogP contribution >= 0.6 is 0 Å². The van der Waals surface area contributed by atoms with Gasteiger partial charge in [0.1, 0.15) is 17.2 Å². The topological polar surface area (TPSA) is 92.6 Å². The van der Waals surface area contributed by atoms with E-state index in [0.717, 1.165) is 12.6 Å². The van der Waals surface area contributed by atoms with Crippen LogP contribution in [0.2, 0.25) is 0 Å². The van der Waals surface area contributed by atoms with Crippen LogP contribution in [0.1, 0.15) is 54.3 Å². The number of esters is 1. The molecule has 1 aliphatic rings. The number of rotatable bonds is 5. The van der Waals surface area contributed by atoms with E-state index >= 15 is 0 Å². The molecular formula is C20H22FN5O3. The first kappa shape index (κ1) is 19.1. The zero-order chi connectivity index (χ0) is 20.5. The number of anilines is 1. The number of fused-ring (bicyclic) bond motifs is 1. The average molecular weight is 399 g/mol. The number of hydrogen-bond donors (Lipinski definition) is 1. The van der Waals surface area contributed by atoms with Gasteiger partial charge in [0.25, 0.3) is 5.56 Å². The second kappa shape index (κ2) is 7.65. The predicted molar refractivity (Wildman–Crippen MR) is 105 cm³/mol. The first-order valence-corrected chi connectivity index (χ1v) is 9.73. The third kappa shape index (κ3) is 3.37. The Morgan fingerprint density at radius 2 is 2.24 bits per heavy atom. The van der Waals surface area contributed by atoms with Crippen molar-refractivity contribution in [2.75, 3.05) is 18.1 Å². The lowest BCUT2D eigenvalue weighted by Gasteiger charge is -2.25. The molecule has 0 radical (unpaired) electrons. The molecule has 9 heteroatoms. The number of H-pyrrole nitrogens is 1. The summed E-state index contributed by atoms with van der Waals surface area (Å²) in [6.45, 7) is 4.60. The van der Waals surface area contributed by atoms with Crippen LogP contribution in [0.15, 0.2) is 29.3 Å². The fourth-order valence-electron chi connectivity index (χ4n) is 3.87. The molecule has 1 fully saturated rings. The first-order valence-electron chi connectivity index (χ1n) is 9.73. The van der Waals surface area contributed by atoms with Gasteiger partial charge in [-0.05, 0) is 38.3 Å². The molecule has 1 aliphatic heterocycles. The molecule has 0 spiro atoms. The van der Waals surface area contributed by atoms with Crippen molar-refractivity contribution < 1.29 is 13.9 Å². The summed E-state index contributed by atoms with van der Waals surface area (Å²) in [6, 6.07) is 2.78. The van der Waals surface area contributed by atoms with Crippen LogP contribution in [0, 0.1) is 5.82 Å². The molecule has 1 saturated heterocycles. The van der Waals surface area contributed by atoms with Crippen molar-refractivity contribution in [1.82, 2.24) is 19.6 Å². The molecule has 0 aromatic carbocycles. The molecule has 0 aliphatic carbocycles. The molecule has 8 nitrogen and oxygen atoms in total. The van der Waals surface area contributed by atoms with Gasteiger partial charge in [-0.1, -0.05) is 6.92 Å². The van der Waals surface area contributed by atoms with E-state index in [2.05, 4.69) is 15.1 Å². The summed E-state index contributed by atoms with van der Waals surface area (Å²) < 4.78 is 20.5. The van der Waals surface area contributed by atoms with E-state index < -0.39 is 11.8 Å². The van der Waals surface area contributed by atoms with E-state index in [9.17, 15) is 14.0 Å². The van der Waals surface area contributed by atoms with Crippen LogP contribution in [-0.2, 0) is 11.2 Å². The number of aryl methyl sites for hydroxylation is 1. The highest BCUT2D eigenvalue weighted by Gasteiger charge is 2.30. The van der Waals surface area contributed by atoms with Crippen LogP contribution < -0.4 is 10.5 Å². The fourth-order valence-corrected chi connectivity index (χ4v) is 3.87. The van der Waals surface area contributed by atoms with Gasteiger partial charge in [-0.3, -0.25) is 4.79 Å². The van der Waals surface area contributed by atoms with Crippen molar-refractivity contribution in [3.63, 3.8) is 0 Å². The Labute approximate surface area is 166 Å². The zero-order valence-electron chi connectivity index (χ0n) is 16.3. The van der Waals surface area contributed by atoms with Crippen LogP contribution in [0.3, 0.4) is 0 Å². The number of ether oxygens (including phenoxy) is 1. The number of nitrogens with one attached hydrogen (secondary N) is 1.